The first-order valence-corrected chi connectivity index (χ1v) is 8.21. The van der Waals surface area contributed by atoms with Crippen LogP contribution in [0, 0.1) is 12.7 Å². The Balaban J connectivity index is 1.58. The molecular weight excluding hydrogens is 353 g/mol. The zero-order valence-electron chi connectivity index (χ0n) is 13.9. The Bertz CT molecular complexity index is 924. The van der Waals surface area contributed by atoms with Crippen LogP contribution >= 0.6 is 12.2 Å². The number of amides is 1. The molecule has 0 radical (unpaired) electrons. The lowest BCUT2D eigenvalue weighted by molar-refractivity contribution is 0.0996. The van der Waals surface area contributed by atoms with Crippen LogP contribution in [0.4, 0.5) is 21.5 Å². The first-order chi connectivity index (χ1) is 12.5. The molecule has 0 aliphatic heterocycles. The number of hydrogen-bond acceptors (Lipinski definition) is 3. The number of aryl methyl sites for hydroxylation is 1. The molecule has 0 bridgehead atoms. The molecule has 3 aromatic rings. The molecule has 0 aliphatic rings. The lowest BCUT2D eigenvalue weighted by Gasteiger charge is -2.12. The average Bonchev–Trinajstić information content (AvgIpc) is 3.14. The molecule has 2 aromatic carbocycles. The van der Waals surface area contributed by atoms with Crippen molar-refractivity contribution in [2.24, 2.45) is 0 Å². The van der Waals surface area contributed by atoms with Crippen molar-refractivity contribution in [2.75, 3.05) is 16.0 Å². The van der Waals surface area contributed by atoms with Gasteiger partial charge in [-0.1, -0.05) is 6.07 Å². The number of carbonyl (C=O) groups is 1. The fraction of sp³-hybridized carbons (Fsp3) is 0.0526. The maximum absolute atomic E-state index is 13.8. The third-order valence-corrected chi connectivity index (χ3v) is 3.72. The Morgan fingerprint density at radius 1 is 1.00 bits per heavy atom. The first-order valence-electron chi connectivity index (χ1n) is 7.80. The highest BCUT2D eigenvalue weighted by Gasteiger charge is 2.09. The van der Waals surface area contributed by atoms with Crippen molar-refractivity contribution in [1.82, 2.24) is 0 Å². The standard InChI is InChI=1S/C19H16FN3O2S/c1-12-4-9-16(15(20)11-12)23-19(26)22-14-7-5-13(6-8-14)21-18(24)17-3-2-10-25-17/h2-11H,1H3,(H,21,24)(H2,22,23,26). The van der Waals surface area contributed by atoms with Crippen molar-refractivity contribution in [3.63, 3.8) is 0 Å². The summed E-state index contributed by atoms with van der Waals surface area (Å²) in [5, 5.41) is 8.76. The molecule has 0 atom stereocenters. The van der Waals surface area contributed by atoms with Crippen molar-refractivity contribution < 1.29 is 13.6 Å². The van der Waals surface area contributed by atoms with Crippen LogP contribution < -0.4 is 16.0 Å². The third-order valence-electron chi connectivity index (χ3n) is 3.52. The second-order valence-corrected chi connectivity index (χ2v) is 5.98. The van der Waals surface area contributed by atoms with Gasteiger partial charge in [-0.25, -0.2) is 4.39 Å². The highest BCUT2D eigenvalue weighted by Crippen LogP contribution is 2.18. The van der Waals surface area contributed by atoms with Gasteiger partial charge in [0, 0.05) is 11.4 Å². The topological polar surface area (TPSA) is 66.3 Å². The molecule has 1 amide bonds. The quantitative estimate of drug-likeness (QED) is 0.577. The van der Waals surface area contributed by atoms with Crippen LogP contribution in [0.15, 0.2) is 65.3 Å². The van der Waals surface area contributed by atoms with Crippen molar-refractivity contribution >= 4 is 40.3 Å². The van der Waals surface area contributed by atoms with E-state index in [2.05, 4.69) is 16.0 Å². The molecule has 5 nitrogen and oxygen atoms in total. The maximum Gasteiger partial charge on any atom is 0.291 e. The van der Waals surface area contributed by atoms with Crippen LogP contribution in [-0.2, 0) is 0 Å². The summed E-state index contributed by atoms with van der Waals surface area (Å²) in [6.45, 7) is 1.82. The van der Waals surface area contributed by atoms with E-state index in [1.165, 1.54) is 12.3 Å². The van der Waals surface area contributed by atoms with Crippen LogP contribution in [0.1, 0.15) is 16.1 Å². The number of furan rings is 1. The van der Waals surface area contributed by atoms with Gasteiger partial charge in [0.05, 0.1) is 12.0 Å². The fourth-order valence-corrected chi connectivity index (χ4v) is 2.47. The first kappa shape index (κ1) is 17.6. The van der Waals surface area contributed by atoms with Gasteiger partial charge >= 0.3 is 0 Å². The van der Waals surface area contributed by atoms with E-state index in [9.17, 15) is 9.18 Å². The van der Waals surface area contributed by atoms with E-state index in [1.807, 2.05) is 6.92 Å². The summed E-state index contributed by atoms with van der Waals surface area (Å²) in [5.41, 5.74) is 2.45. The minimum Gasteiger partial charge on any atom is -0.459 e. The number of hydrogen-bond donors (Lipinski definition) is 3. The number of rotatable bonds is 4. The molecule has 3 N–H and O–H groups in total. The predicted octanol–water partition coefficient (Wildman–Crippen LogP) is 4.79. The molecule has 7 heteroatoms. The summed E-state index contributed by atoms with van der Waals surface area (Å²) >= 11 is 5.20. The van der Waals surface area contributed by atoms with Crippen LogP contribution in [0.2, 0.25) is 0 Å². The number of carbonyl (C=O) groups excluding carboxylic acids is 1. The van der Waals surface area contributed by atoms with Crippen LogP contribution in [0.25, 0.3) is 0 Å². The summed E-state index contributed by atoms with van der Waals surface area (Å²) in [6, 6.07) is 15.0. The van der Waals surface area contributed by atoms with Gasteiger partial charge in [0.15, 0.2) is 10.9 Å². The lowest BCUT2D eigenvalue weighted by Crippen LogP contribution is -2.19. The molecule has 132 valence electrons. The average molecular weight is 369 g/mol. The molecule has 1 heterocycles. The monoisotopic (exact) mass is 369 g/mol. The third kappa shape index (κ3) is 4.46. The van der Waals surface area contributed by atoms with Gasteiger partial charge in [-0.2, -0.15) is 0 Å². The molecule has 0 unspecified atom stereocenters. The van der Waals surface area contributed by atoms with Gasteiger partial charge in [-0.15, -0.1) is 0 Å². The van der Waals surface area contributed by atoms with E-state index in [0.717, 1.165) is 5.56 Å². The minimum absolute atomic E-state index is 0.234. The Morgan fingerprint density at radius 2 is 1.69 bits per heavy atom. The van der Waals surface area contributed by atoms with Crippen molar-refractivity contribution in [1.29, 1.82) is 0 Å². The van der Waals surface area contributed by atoms with Crippen LogP contribution in [0.5, 0.6) is 0 Å². The highest BCUT2D eigenvalue weighted by molar-refractivity contribution is 7.80. The molecule has 3 rings (SSSR count). The highest BCUT2D eigenvalue weighted by atomic mass is 32.1. The van der Waals surface area contributed by atoms with Gasteiger partial charge < -0.3 is 20.4 Å². The van der Waals surface area contributed by atoms with E-state index in [1.54, 1.807) is 48.5 Å². The minimum atomic E-state index is -0.370. The zero-order chi connectivity index (χ0) is 18.5. The summed E-state index contributed by atoms with van der Waals surface area (Å²) in [5.74, 6) is -0.467. The Hall–Kier alpha value is -3.19. The Morgan fingerprint density at radius 3 is 2.31 bits per heavy atom. The van der Waals surface area contributed by atoms with Gasteiger partial charge in [-0.3, -0.25) is 4.79 Å². The van der Waals surface area contributed by atoms with Crippen LogP contribution in [0.3, 0.4) is 0 Å². The van der Waals surface area contributed by atoms with E-state index in [-0.39, 0.29) is 22.6 Å². The summed E-state index contributed by atoms with van der Waals surface area (Å²) in [7, 11) is 0. The molecule has 26 heavy (non-hydrogen) atoms. The van der Waals surface area contributed by atoms with Gasteiger partial charge in [0.2, 0.25) is 0 Å². The van der Waals surface area contributed by atoms with E-state index in [0.29, 0.717) is 17.1 Å². The van der Waals surface area contributed by atoms with E-state index in [4.69, 9.17) is 16.6 Å². The van der Waals surface area contributed by atoms with Crippen molar-refractivity contribution in [3.05, 3.63) is 78.0 Å². The zero-order valence-corrected chi connectivity index (χ0v) is 14.7. The normalized spacial score (nSPS) is 10.2. The molecular formula is C19H16FN3O2S. The summed E-state index contributed by atoms with van der Waals surface area (Å²) in [4.78, 5) is 11.9. The van der Waals surface area contributed by atoms with Gasteiger partial charge in [0.1, 0.15) is 5.82 Å². The second kappa shape index (κ2) is 7.79. The van der Waals surface area contributed by atoms with Crippen molar-refractivity contribution in [3.8, 4) is 0 Å². The fourth-order valence-electron chi connectivity index (χ4n) is 2.24. The molecule has 0 fully saturated rings. The molecule has 0 spiro atoms. The second-order valence-electron chi connectivity index (χ2n) is 5.57. The van der Waals surface area contributed by atoms with E-state index >= 15 is 0 Å². The molecule has 0 aliphatic carbocycles. The smallest absolute Gasteiger partial charge is 0.291 e. The molecule has 0 saturated heterocycles. The molecule has 1 aromatic heterocycles. The van der Waals surface area contributed by atoms with Gasteiger partial charge in [0.25, 0.3) is 5.91 Å². The summed E-state index contributed by atoms with van der Waals surface area (Å²) in [6.07, 6.45) is 1.44. The summed E-state index contributed by atoms with van der Waals surface area (Å²) < 4.78 is 18.9. The number of nitrogens with one attached hydrogen (secondary N) is 3. The van der Waals surface area contributed by atoms with Crippen LogP contribution in [-0.4, -0.2) is 11.0 Å². The number of halogens is 1. The number of anilines is 3. The lowest BCUT2D eigenvalue weighted by atomic mass is 10.2. The van der Waals surface area contributed by atoms with Crippen molar-refractivity contribution in [2.45, 2.75) is 6.92 Å². The predicted molar refractivity (Wildman–Crippen MR) is 104 cm³/mol. The number of benzene rings is 2. The SMILES string of the molecule is Cc1ccc(NC(=S)Nc2ccc(NC(=O)c3ccco3)cc2)c(F)c1. The van der Waals surface area contributed by atoms with Gasteiger partial charge in [-0.05, 0) is 73.2 Å². The Labute approximate surface area is 155 Å². The largest absolute Gasteiger partial charge is 0.459 e. The number of thiocarbonyl (C=S) groups is 1. The van der Waals surface area contributed by atoms with E-state index < -0.39 is 0 Å². The Kier molecular flexibility index (Phi) is 5.28. The maximum atomic E-state index is 13.8. The molecule has 0 saturated carbocycles.